The van der Waals surface area contributed by atoms with Crippen LogP contribution in [0.15, 0.2) is 36.4 Å². The summed E-state index contributed by atoms with van der Waals surface area (Å²) in [4.78, 5) is 13.4. The molecule has 0 bridgehead atoms. The number of piperidine rings is 1. The maximum atomic E-state index is 13.4. The summed E-state index contributed by atoms with van der Waals surface area (Å²) >= 11 is 6.29. The average Bonchev–Trinajstić information content (AvgIpc) is 2.56. The molecule has 0 amide bonds. The molecule has 1 heterocycles. The van der Waals surface area contributed by atoms with Gasteiger partial charge in [0.2, 0.25) is 0 Å². The average molecular weight is 316 g/mol. The van der Waals surface area contributed by atoms with Crippen molar-refractivity contribution in [2.24, 2.45) is 5.41 Å². The third kappa shape index (κ3) is 2.66. The second-order valence-corrected chi connectivity index (χ2v) is 6.69. The molecule has 1 atom stereocenters. The molecule has 0 radical (unpaired) electrons. The van der Waals surface area contributed by atoms with Crippen LogP contribution in [0.3, 0.4) is 0 Å². The molecule has 2 aromatic carbocycles. The quantitative estimate of drug-likeness (QED) is 0.817. The highest BCUT2D eigenvalue weighted by Crippen LogP contribution is 2.38. The lowest BCUT2D eigenvalue weighted by Gasteiger charge is -2.36. The largest absolute Gasteiger partial charge is 0.316 e. The van der Waals surface area contributed by atoms with E-state index in [1.807, 2.05) is 36.4 Å². The number of benzene rings is 2. The second-order valence-electron chi connectivity index (χ2n) is 6.28. The van der Waals surface area contributed by atoms with E-state index in [2.05, 4.69) is 12.2 Å². The number of hydrogen-bond acceptors (Lipinski definition) is 2. The minimum Gasteiger partial charge on any atom is -0.316 e. The van der Waals surface area contributed by atoms with Gasteiger partial charge in [-0.3, -0.25) is 4.79 Å². The second kappa shape index (κ2) is 6.39. The highest BCUT2D eigenvalue weighted by Gasteiger charge is 2.39. The van der Waals surface area contributed by atoms with Gasteiger partial charge in [-0.2, -0.15) is 0 Å². The van der Waals surface area contributed by atoms with Crippen LogP contribution in [0.4, 0.5) is 0 Å². The zero-order valence-electron chi connectivity index (χ0n) is 13.0. The van der Waals surface area contributed by atoms with Crippen LogP contribution in [-0.4, -0.2) is 18.9 Å². The molecule has 1 saturated heterocycles. The zero-order valence-corrected chi connectivity index (χ0v) is 13.7. The van der Waals surface area contributed by atoms with Gasteiger partial charge in [-0.15, -0.1) is 0 Å². The van der Waals surface area contributed by atoms with Gasteiger partial charge in [0, 0.05) is 27.9 Å². The molecular weight excluding hydrogens is 294 g/mol. The summed E-state index contributed by atoms with van der Waals surface area (Å²) in [6.45, 7) is 3.96. The van der Waals surface area contributed by atoms with Gasteiger partial charge in [0.05, 0.1) is 0 Å². The molecule has 3 heteroatoms. The highest BCUT2D eigenvalue weighted by molar-refractivity contribution is 6.36. The first-order valence-corrected chi connectivity index (χ1v) is 8.48. The minimum atomic E-state index is -0.260. The van der Waals surface area contributed by atoms with E-state index in [0.29, 0.717) is 5.02 Å². The van der Waals surface area contributed by atoms with Crippen molar-refractivity contribution in [2.75, 3.05) is 13.1 Å². The summed E-state index contributed by atoms with van der Waals surface area (Å²) in [5.41, 5.74) is 0.556. The van der Waals surface area contributed by atoms with E-state index in [-0.39, 0.29) is 11.2 Å². The summed E-state index contributed by atoms with van der Waals surface area (Å²) in [6, 6.07) is 11.7. The maximum absolute atomic E-state index is 13.4. The molecule has 1 aliphatic heterocycles. The van der Waals surface area contributed by atoms with Crippen molar-refractivity contribution in [2.45, 2.75) is 32.6 Å². The number of halogens is 1. The van der Waals surface area contributed by atoms with Crippen LogP contribution in [0.2, 0.25) is 5.02 Å². The SMILES string of the molecule is CCCC1(C(=O)c2ccc(Cl)c3ccccc23)CCCNC1. The number of nitrogens with one attached hydrogen (secondary N) is 1. The molecule has 0 aromatic heterocycles. The third-order valence-electron chi connectivity index (χ3n) is 4.80. The molecule has 1 fully saturated rings. The summed E-state index contributed by atoms with van der Waals surface area (Å²) in [6.07, 6.45) is 4.01. The first-order chi connectivity index (χ1) is 10.7. The molecule has 1 aliphatic rings. The Labute approximate surface area is 136 Å². The van der Waals surface area contributed by atoms with Crippen molar-refractivity contribution in [1.29, 1.82) is 0 Å². The lowest BCUT2D eigenvalue weighted by molar-refractivity contribution is 0.0720. The molecule has 1 N–H and O–H groups in total. The van der Waals surface area contributed by atoms with Crippen LogP contribution in [-0.2, 0) is 0 Å². The number of fused-ring (bicyclic) bond motifs is 1. The molecule has 2 nitrogen and oxygen atoms in total. The summed E-state index contributed by atoms with van der Waals surface area (Å²) in [7, 11) is 0. The maximum Gasteiger partial charge on any atom is 0.170 e. The van der Waals surface area contributed by atoms with Crippen molar-refractivity contribution in [3.8, 4) is 0 Å². The van der Waals surface area contributed by atoms with E-state index in [0.717, 1.165) is 55.1 Å². The van der Waals surface area contributed by atoms with Crippen molar-refractivity contribution in [1.82, 2.24) is 5.32 Å². The standard InChI is InChI=1S/C19H22ClNO/c1-2-10-19(11-5-12-21-13-19)18(22)16-8-9-17(20)15-7-4-3-6-14(15)16/h3-4,6-9,21H,2,5,10-13H2,1H3. The van der Waals surface area contributed by atoms with Crippen molar-refractivity contribution >= 4 is 28.2 Å². The predicted octanol–water partition coefficient (Wildman–Crippen LogP) is 4.85. The Morgan fingerprint density at radius 3 is 2.68 bits per heavy atom. The predicted molar refractivity (Wildman–Crippen MR) is 92.7 cm³/mol. The zero-order chi connectivity index (χ0) is 15.6. The number of Topliss-reactive ketones (excluding diaryl/α,β-unsaturated/α-hetero) is 1. The van der Waals surface area contributed by atoms with Crippen LogP contribution < -0.4 is 5.32 Å². The van der Waals surface area contributed by atoms with Gasteiger partial charge < -0.3 is 5.32 Å². The molecule has 116 valence electrons. The van der Waals surface area contributed by atoms with Crippen molar-refractivity contribution in [3.63, 3.8) is 0 Å². The number of rotatable bonds is 4. The number of carbonyl (C=O) groups is 1. The van der Waals surface area contributed by atoms with Crippen molar-refractivity contribution in [3.05, 3.63) is 47.0 Å². The smallest absolute Gasteiger partial charge is 0.170 e. The normalized spacial score (nSPS) is 21.9. The van der Waals surface area contributed by atoms with Gasteiger partial charge in [0.1, 0.15) is 0 Å². The van der Waals surface area contributed by atoms with E-state index in [1.165, 1.54) is 0 Å². The Morgan fingerprint density at radius 1 is 1.23 bits per heavy atom. The molecule has 3 rings (SSSR count). The van der Waals surface area contributed by atoms with Gasteiger partial charge in [0.15, 0.2) is 5.78 Å². The lowest BCUT2D eigenvalue weighted by Crippen LogP contribution is -2.45. The van der Waals surface area contributed by atoms with Gasteiger partial charge >= 0.3 is 0 Å². The number of hydrogen-bond donors (Lipinski definition) is 1. The molecule has 1 unspecified atom stereocenters. The van der Waals surface area contributed by atoms with Crippen LogP contribution in [0.25, 0.3) is 10.8 Å². The van der Waals surface area contributed by atoms with E-state index in [1.54, 1.807) is 0 Å². The molecule has 0 aliphatic carbocycles. The lowest BCUT2D eigenvalue weighted by atomic mass is 9.71. The molecule has 2 aromatic rings. The van der Waals surface area contributed by atoms with Crippen LogP contribution in [0.1, 0.15) is 43.0 Å². The van der Waals surface area contributed by atoms with Crippen LogP contribution in [0, 0.1) is 5.41 Å². The topological polar surface area (TPSA) is 29.1 Å². The third-order valence-corrected chi connectivity index (χ3v) is 5.13. The molecule has 22 heavy (non-hydrogen) atoms. The monoisotopic (exact) mass is 315 g/mol. The fourth-order valence-corrected chi connectivity index (χ4v) is 3.94. The fraction of sp³-hybridized carbons (Fsp3) is 0.421. The van der Waals surface area contributed by atoms with E-state index in [9.17, 15) is 4.79 Å². The van der Waals surface area contributed by atoms with E-state index in [4.69, 9.17) is 11.6 Å². The Morgan fingerprint density at radius 2 is 2.00 bits per heavy atom. The summed E-state index contributed by atoms with van der Waals surface area (Å²) < 4.78 is 0. The fourth-order valence-electron chi connectivity index (χ4n) is 3.71. The highest BCUT2D eigenvalue weighted by atomic mass is 35.5. The number of carbonyl (C=O) groups excluding carboxylic acids is 1. The molecular formula is C19H22ClNO. The van der Waals surface area contributed by atoms with Gasteiger partial charge in [0.25, 0.3) is 0 Å². The Hall–Kier alpha value is -1.38. The first kappa shape index (κ1) is 15.5. The first-order valence-electron chi connectivity index (χ1n) is 8.11. The Kier molecular flexibility index (Phi) is 4.51. The van der Waals surface area contributed by atoms with Gasteiger partial charge in [-0.25, -0.2) is 0 Å². The summed E-state index contributed by atoms with van der Waals surface area (Å²) in [5.74, 6) is 0.273. The minimum absolute atomic E-state index is 0.260. The van der Waals surface area contributed by atoms with Gasteiger partial charge in [-0.05, 0) is 43.3 Å². The van der Waals surface area contributed by atoms with Gasteiger partial charge in [-0.1, -0.05) is 49.2 Å². The van der Waals surface area contributed by atoms with E-state index < -0.39 is 0 Å². The molecule has 0 spiro atoms. The summed E-state index contributed by atoms with van der Waals surface area (Å²) in [5, 5.41) is 6.07. The number of ketones is 1. The molecule has 0 saturated carbocycles. The van der Waals surface area contributed by atoms with Crippen molar-refractivity contribution < 1.29 is 4.79 Å². The Balaban J connectivity index is 2.09. The van der Waals surface area contributed by atoms with E-state index >= 15 is 0 Å². The Bertz CT molecular complexity index is 683. The van der Waals surface area contributed by atoms with Crippen LogP contribution >= 0.6 is 11.6 Å². The van der Waals surface area contributed by atoms with Crippen LogP contribution in [0.5, 0.6) is 0 Å².